The van der Waals surface area contributed by atoms with E-state index in [0.717, 1.165) is 54.9 Å². The van der Waals surface area contributed by atoms with Gasteiger partial charge in [-0.2, -0.15) is 9.97 Å². The van der Waals surface area contributed by atoms with E-state index in [-0.39, 0.29) is 0 Å². The Bertz CT molecular complexity index is 2400. The fourth-order valence-electron chi connectivity index (χ4n) is 6.20. The lowest BCUT2D eigenvalue weighted by Crippen LogP contribution is -2.06. The number of nitrogens with zero attached hydrogens (tertiary/aromatic N) is 4. The van der Waals surface area contributed by atoms with Gasteiger partial charge in [0, 0.05) is 32.7 Å². The number of hydrogen-bond donors (Lipinski definition) is 0. The largest absolute Gasteiger partial charge is 0.456 e. The van der Waals surface area contributed by atoms with Gasteiger partial charge >= 0.3 is 0 Å². The molecule has 0 radical (unpaired) electrons. The van der Waals surface area contributed by atoms with Crippen molar-refractivity contribution in [2.45, 2.75) is 0 Å². The third-order valence-corrected chi connectivity index (χ3v) is 8.05. The summed E-state index contributed by atoms with van der Waals surface area (Å²) in [6.07, 6.45) is 0. The first-order valence-corrected chi connectivity index (χ1v) is 14.0. The summed E-state index contributed by atoms with van der Waals surface area (Å²) in [6, 6.07) is 45.5. The summed E-state index contributed by atoms with van der Waals surface area (Å²) in [5.74, 6) is 1.84. The summed E-state index contributed by atoms with van der Waals surface area (Å²) >= 11 is 0. The molecule has 9 rings (SSSR count). The zero-order valence-corrected chi connectivity index (χ0v) is 22.4. The van der Waals surface area contributed by atoms with Gasteiger partial charge in [0.15, 0.2) is 11.6 Å². The Balaban J connectivity index is 1.43. The Morgan fingerprint density at radius 1 is 0.429 bits per heavy atom. The van der Waals surface area contributed by atoms with Crippen LogP contribution in [-0.4, -0.2) is 19.5 Å². The molecule has 0 aliphatic carbocycles. The molecule has 0 aliphatic rings. The molecule has 5 heteroatoms. The maximum atomic E-state index is 6.44. The number of aromatic nitrogens is 4. The van der Waals surface area contributed by atoms with E-state index in [1.807, 2.05) is 60.7 Å². The zero-order chi connectivity index (χ0) is 27.6. The highest BCUT2D eigenvalue weighted by atomic mass is 16.3. The average molecular weight is 539 g/mol. The molecule has 0 N–H and O–H groups in total. The molecule has 0 saturated heterocycles. The summed E-state index contributed by atoms with van der Waals surface area (Å²) in [5, 5.41) is 6.84. The molecule has 5 nitrogen and oxygen atoms in total. The van der Waals surface area contributed by atoms with E-state index in [2.05, 4.69) is 77.4 Å². The van der Waals surface area contributed by atoms with E-state index >= 15 is 0 Å². The summed E-state index contributed by atoms with van der Waals surface area (Å²) in [4.78, 5) is 15.0. The Labute approximate surface area is 240 Å². The molecule has 42 heavy (non-hydrogen) atoms. The monoisotopic (exact) mass is 538 g/mol. The average Bonchev–Trinajstić information content (AvgIpc) is 3.61. The smallest absolute Gasteiger partial charge is 0.238 e. The van der Waals surface area contributed by atoms with Gasteiger partial charge in [0.1, 0.15) is 11.2 Å². The molecule has 0 spiro atoms. The van der Waals surface area contributed by atoms with Crippen LogP contribution in [0.5, 0.6) is 0 Å². The molecule has 0 fully saturated rings. The predicted octanol–water partition coefficient (Wildman–Crippen LogP) is 9.36. The van der Waals surface area contributed by atoms with Crippen molar-refractivity contribution in [2.75, 3.05) is 0 Å². The molecule has 3 aromatic heterocycles. The first-order valence-electron chi connectivity index (χ1n) is 14.0. The zero-order valence-electron chi connectivity index (χ0n) is 22.4. The van der Waals surface area contributed by atoms with E-state index in [1.165, 1.54) is 10.8 Å². The first kappa shape index (κ1) is 22.9. The number of rotatable bonds is 3. The molecular weight excluding hydrogens is 516 g/mol. The number of benzene rings is 6. The van der Waals surface area contributed by atoms with Crippen LogP contribution in [0.1, 0.15) is 0 Å². The highest BCUT2D eigenvalue weighted by Crippen LogP contribution is 2.43. The molecule has 0 amide bonds. The van der Waals surface area contributed by atoms with Gasteiger partial charge in [-0.05, 0) is 35.0 Å². The molecule has 0 aliphatic heterocycles. The third-order valence-electron chi connectivity index (χ3n) is 8.05. The second-order valence-electron chi connectivity index (χ2n) is 10.5. The number of para-hydroxylation sites is 1. The standard InChI is InChI=1S/C37H22N4O/c1-3-12-24(13-4-1)35-38-36(25-14-5-2-6-15-25)40-37(39-35)41-28-18-10-9-17-27(28)32-29(41)20-22-31-34(32)33-26-16-8-7-11-23(26)19-21-30(33)42-31/h1-22H. The minimum atomic E-state index is 0.575. The number of hydrogen-bond acceptors (Lipinski definition) is 4. The molecule has 0 unspecified atom stereocenters. The van der Waals surface area contributed by atoms with Gasteiger partial charge in [-0.1, -0.05) is 109 Å². The van der Waals surface area contributed by atoms with Crippen LogP contribution in [0.2, 0.25) is 0 Å². The van der Waals surface area contributed by atoms with Crippen molar-refractivity contribution in [3.63, 3.8) is 0 Å². The summed E-state index contributed by atoms with van der Waals surface area (Å²) in [6.45, 7) is 0. The van der Waals surface area contributed by atoms with Gasteiger partial charge in [-0.25, -0.2) is 4.98 Å². The van der Waals surface area contributed by atoms with Crippen LogP contribution in [-0.2, 0) is 0 Å². The van der Waals surface area contributed by atoms with Gasteiger partial charge in [0.25, 0.3) is 0 Å². The minimum absolute atomic E-state index is 0.575. The lowest BCUT2D eigenvalue weighted by atomic mass is 10.0. The van der Waals surface area contributed by atoms with Gasteiger partial charge in [0.2, 0.25) is 5.95 Å². The molecule has 6 aromatic carbocycles. The van der Waals surface area contributed by atoms with Gasteiger partial charge in [-0.15, -0.1) is 0 Å². The number of furan rings is 1. The van der Waals surface area contributed by atoms with Crippen molar-refractivity contribution in [1.29, 1.82) is 0 Å². The van der Waals surface area contributed by atoms with Gasteiger partial charge in [-0.3, -0.25) is 4.57 Å². The van der Waals surface area contributed by atoms with E-state index in [1.54, 1.807) is 0 Å². The maximum Gasteiger partial charge on any atom is 0.238 e. The first-order chi connectivity index (χ1) is 20.8. The topological polar surface area (TPSA) is 56.7 Å². The van der Waals surface area contributed by atoms with E-state index in [9.17, 15) is 0 Å². The second-order valence-corrected chi connectivity index (χ2v) is 10.5. The molecule has 0 saturated carbocycles. The van der Waals surface area contributed by atoms with Crippen LogP contribution in [0.25, 0.3) is 83.2 Å². The van der Waals surface area contributed by atoms with Crippen molar-refractivity contribution in [1.82, 2.24) is 19.5 Å². The Morgan fingerprint density at radius 2 is 1.02 bits per heavy atom. The lowest BCUT2D eigenvalue weighted by Gasteiger charge is -2.10. The third kappa shape index (κ3) is 3.34. The maximum absolute atomic E-state index is 6.44. The molecule has 9 aromatic rings. The van der Waals surface area contributed by atoms with Crippen molar-refractivity contribution < 1.29 is 4.42 Å². The highest BCUT2D eigenvalue weighted by Gasteiger charge is 2.22. The molecular formula is C37H22N4O. The fraction of sp³-hybridized carbons (Fsp3) is 0. The molecule has 196 valence electrons. The minimum Gasteiger partial charge on any atom is -0.456 e. The van der Waals surface area contributed by atoms with Crippen LogP contribution in [0.15, 0.2) is 138 Å². The van der Waals surface area contributed by atoms with Crippen LogP contribution in [0.4, 0.5) is 0 Å². The van der Waals surface area contributed by atoms with Crippen molar-refractivity contribution in [3.05, 3.63) is 133 Å². The van der Waals surface area contributed by atoms with E-state index in [4.69, 9.17) is 19.4 Å². The van der Waals surface area contributed by atoms with Crippen LogP contribution < -0.4 is 0 Å². The quantitative estimate of drug-likeness (QED) is 0.225. The molecule has 0 bridgehead atoms. The molecule has 0 atom stereocenters. The summed E-state index contributed by atoms with van der Waals surface area (Å²) in [7, 11) is 0. The second kappa shape index (κ2) is 8.85. The van der Waals surface area contributed by atoms with Gasteiger partial charge < -0.3 is 4.42 Å². The summed E-state index contributed by atoms with van der Waals surface area (Å²) < 4.78 is 8.60. The SMILES string of the molecule is c1ccc(-c2nc(-c3ccccc3)nc(-n3c4ccccc4c4c5c(ccc43)oc3ccc4ccccc4c35)n2)cc1. The molecule has 3 heterocycles. The van der Waals surface area contributed by atoms with Crippen LogP contribution in [0.3, 0.4) is 0 Å². The van der Waals surface area contributed by atoms with Crippen LogP contribution >= 0.6 is 0 Å². The van der Waals surface area contributed by atoms with Crippen LogP contribution in [0, 0.1) is 0 Å². The highest BCUT2D eigenvalue weighted by molar-refractivity contribution is 6.31. The predicted molar refractivity (Wildman–Crippen MR) is 170 cm³/mol. The lowest BCUT2D eigenvalue weighted by molar-refractivity contribution is 0.669. The summed E-state index contributed by atoms with van der Waals surface area (Å²) in [5.41, 5.74) is 5.67. The van der Waals surface area contributed by atoms with Gasteiger partial charge in [0.05, 0.1) is 11.0 Å². The fourth-order valence-corrected chi connectivity index (χ4v) is 6.20. The normalized spacial score (nSPS) is 11.8. The van der Waals surface area contributed by atoms with E-state index < -0.39 is 0 Å². The van der Waals surface area contributed by atoms with Crippen molar-refractivity contribution in [2.24, 2.45) is 0 Å². The van der Waals surface area contributed by atoms with E-state index in [0.29, 0.717) is 17.6 Å². The van der Waals surface area contributed by atoms with Crippen molar-refractivity contribution >= 4 is 54.5 Å². The van der Waals surface area contributed by atoms with Crippen molar-refractivity contribution in [3.8, 4) is 28.7 Å². The Hall–Kier alpha value is -5.81. The Morgan fingerprint density at radius 3 is 1.76 bits per heavy atom. The number of fused-ring (bicyclic) bond motifs is 9. The Kier molecular flexibility index (Phi) is 4.83.